The molecule has 1 heterocycles. The Morgan fingerprint density at radius 3 is 2.57 bits per heavy atom. The lowest BCUT2D eigenvalue weighted by atomic mass is 10.1. The van der Waals surface area contributed by atoms with E-state index in [4.69, 9.17) is 5.10 Å². The van der Waals surface area contributed by atoms with Gasteiger partial charge in [0.2, 0.25) is 0 Å². The highest BCUT2D eigenvalue weighted by Crippen LogP contribution is 2.33. The van der Waals surface area contributed by atoms with Gasteiger partial charge in [0, 0.05) is 28.7 Å². The summed E-state index contributed by atoms with van der Waals surface area (Å²) in [7, 11) is 0. The highest BCUT2D eigenvalue weighted by atomic mass is 32.2. The van der Waals surface area contributed by atoms with E-state index >= 15 is 0 Å². The van der Waals surface area contributed by atoms with Gasteiger partial charge in [-0.1, -0.05) is 60.3 Å². The first kappa shape index (κ1) is 18.0. The van der Waals surface area contributed by atoms with Crippen LogP contribution in [-0.4, -0.2) is 21.5 Å². The lowest BCUT2D eigenvalue weighted by Gasteiger charge is -2.26. The number of nitrogens with zero attached hydrogens (tertiary/aromatic N) is 3. The molecule has 28 heavy (non-hydrogen) atoms. The lowest BCUT2D eigenvalue weighted by Crippen LogP contribution is -2.21. The minimum absolute atomic E-state index is 0.0722. The maximum Gasteiger partial charge on any atom is 0.269 e. The molecule has 0 unspecified atom stereocenters. The van der Waals surface area contributed by atoms with Crippen LogP contribution in [0.15, 0.2) is 89.9 Å². The fraction of sp³-hybridized carbons (Fsp3) is 0.0455. The standard InChI is InChI=1S/C22H17N3O2S/c1-2-14-24-21(17-10-12-18(13-11-17)25(26)27)15-28-22(23-24)20-9-5-7-16-6-3-4-8-19(16)20/h2-13,15H,1,14H2. The van der Waals surface area contributed by atoms with Crippen LogP contribution in [0.2, 0.25) is 0 Å². The van der Waals surface area contributed by atoms with Crippen LogP contribution in [0.3, 0.4) is 0 Å². The van der Waals surface area contributed by atoms with Crippen molar-refractivity contribution in [1.29, 1.82) is 0 Å². The van der Waals surface area contributed by atoms with Crippen LogP contribution < -0.4 is 0 Å². The molecule has 1 aliphatic rings. The molecule has 0 aliphatic carbocycles. The van der Waals surface area contributed by atoms with E-state index in [1.807, 2.05) is 28.6 Å². The summed E-state index contributed by atoms with van der Waals surface area (Å²) >= 11 is 1.55. The highest BCUT2D eigenvalue weighted by Gasteiger charge is 2.20. The summed E-state index contributed by atoms with van der Waals surface area (Å²) in [5.41, 5.74) is 2.92. The minimum Gasteiger partial charge on any atom is -0.259 e. The minimum atomic E-state index is -0.397. The van der Waals surface area contributed by atoms with Crippen molar-refractivity contribution < 1.29 is 4.92 Å². The molecule has 0 atom stereocenters. The number of benzene rings is 3. The molecule has 1 aliphatic heterocycles. The Morgan fingerprint density at radius 1 is 1.07 bits per heavy atom. The molecular formula is C22H17N3O2S. The topological polar surface area (TPSA) is 58.7 Å². The van der Waals surface area contributed by atoms with Gasteiger partial charge in [-0.15, -0.1) is 6.58 Å². The zero-order chi connectivity index (χ0) is 19.5. The predicted octanol–water partition coefficient (Wildman–Crippen LogP) is 5.64. The van der Waals surface area contributed by atoms with Gasteiger partial charge in [0.05, 0.1) is 17.2 Å². The van der Waals surface area contributed by atoms with Crippen LogP contribution in [-0.2, 0) is 0 Å². The number of hydrogen-bond acceptors (Lipinski definition) is 5. The molecule has 3 aromatic rings. The van der Waals surface area contributed by atoms with Crippen molar-refractivity contribution in [3.8, 4) is 0 Å². The Morgan fingerprint density at radius 2 is 1.82 bits per heavy atom. The molecule has 0 amide bonds. The fourth-order valence-corrected chi connectivity index (χ4v) is 4.05. The van der Waals surface area contributed by atoms with E-state index in [1.165, 1.54) is 17.5 Å². The van der Waals surface area contributed by atoms with Gasteiger partial charge < -0.3 is 0 Å². The van der Waals surface area contributed by atoms with Crippen LogP contribution in [0.4, 0.5) is 5.69 Å². The van der Waals surface area contributed by atoms with Crippen molar-refractivity contribution in [3.63, 3.8) is 0 Å². The maximum absolute atomic E-state index is 10.9. The zero-order valence-corrected chi connectivity index (χ0v) is 15.8. The van der Waals surface area contributed by atoms with Gasteiger partial charge in [-0.3, -0.25) is 15.1 Å². The average molecular weight is 387 g/mol. The first-order chi connectivity index (χ1) is 13.7. The molecule has 0 radical (unpaired) electrons. The first-order valence-corrected chi connectivity index (χ1v) is 9.62. The molecule has 4 rings (SSSR count). The number of thioether (sulfide) groups is 1. The number of nitro groups is 1. The van der Waals surface area contributed by atoms with Gasteiger partial charge in [-0.25, -0.2) is 0 Å². The molecule has 0 saturated carbocycles. The van der Waals surface area contributed by atoms with Gasteiger partial charge in [0.25, 0.3) is 5.69 Å². The molecular weight excluding hydrogens is 370 g/mol. The Balaban J connectivity index is 1.71. The SMILES string of the molecule is C=CCN1N=C(c2cccc3ccccc23)SC=C1c1ccc([N+](=O)[O-])cc1. The number of hydrogen-bond donors (Lipinski definition) is 0. The molecule has 0 fully saturated rings. The average Bonchev–Trinajstić information content (AvgIpc) is 2.73. The van der Waals surface area contributed by atoms with Crippen molar-refractivity contribution in [2.24, 2.45) is 5.10 Å². The number of nitro benzene ring substituents is 1. The first-order valence-electron chi connectivity index (χ1n) is 8.74. The molecule has 0 spiro atoms. The second-order valence-corrected chi connectivity index (χ2v) is 7.09. The van der Waals surface area contributed by atoms with Crippen LogP contribution in [0.5, 0.6) is 0 Å². The van der Waals surface area contributed by atoms with Crippen molar-refractivity contribution in [3.05, 3.63) is 106 Å². The quantitative estimate of drug-likeness (QED) is 0.323. The summed E-state index contributed by atoms with van der Waals surface area (Å²) in [5, 5.41) is 22.9. The van der Waals surface area contributed by atoms with Gasteiger partial charge >= 0.3 is 0 Å². The monoisotopic (exact) mass is 387 g/mol. The molecule has 138 valence electrons. The summed E-state index contributed by atoms with van der Waals surface area (Å²) in [5.74, 6) is 0. The molecule has 0 aromatic heterocycles. The van der Waals surface area contributed by atoms with E-state index in [1.54, 1.807) is 30.0 Å². The summed E-state index contributed by atoms with van der Waals surface area (Å²) in [6.45, 7) is 4.37. The molecule has 0 saturated heterocycles. The van der Waals surface area contributed by atoms with E-state index in [2.05, 4.69) is 30.8 Å². The van der Waals surface area contributed by atoms with E-state index < -0.39 is 4.92 Å². The van der Waals surface area contributed by atoms with Crippen molar-refractivity contribution in [2.75, 3.05) is 6.54 Å². The Labute approximate surface area is 166 Å². The summed E-state index contributed by atoms with van der Waals surface area (Å²) in [4.78, 5) is 10.5. The highest BCUT2D eigenvalue weighted by molar-refractivity contribution is 8.17. The fourth-order valence-electron chi connectivity index (χ4n) is 3.12. The van der Waals surface area contributed by atoms with Gasteiger partial charge in [-0.05, 0) is 22.9 Å². The van der Waals surface area contributed by atoms with Crippen LogP contribution >= 0.6 is 11.8 Å². The Kier molecular flexibility index (Phi) is 4.95. The van der Waals surface area contributed by atoms with Gasteiger partial charge in [-0.2, -0.15) is 5.10 Å². The van der Waals surface area contributed by atoms with Crippen LogP contribution in [0.25, 0.3) is 16.5 Å². The predicted molar refractivity (Wildman–Crippen MR) is 116 cm³/mol. The molecule has 0 bridgehead atoms. The van der Waals surface area contributed by atoms with Gasteiger partial charge in [0.1, 0.15) is 5.04 Å². The molecule has 6 heteroatoms. The lowest BCUT2D eigenvalue weighted by molar-refractivity contribution is -0.384. The smallest absolute Gasteiger partial charge is 0.259 e. The molecule has 0 N–H and O–H groups in total. The molecule has 5 nitrogen and oxygen atoms in total. The Hall–Kier alpha value is -3.38. The third kappa shape index (κ3) is 3.42. The van der Waals surface area contributed by atoms with E-state index in [-0.39, 0.29) is 5.69 Å². The van der Waals surface area contributed by atoms with E-state index in [9.17, 15) is 10.1 Å². The second kappa shape index (κ2) is 7.70. The largest absolute Gasteiger partial charge is 0.269 e. The van der Waals surface area contributed by atoms with Crippen molar-refractivity contribution >= 4 is 39.0 Å². The van der Waals surface area contributed by atoms with Crippen molar-refractivity contribution in [2.45, 2.75) is 0 Å². The normalized spacial score (nSPS) is 13.8. The van der Waals surface area contributed by atoms with E-state index in [0.29, 0.717) is 6.54 Å². The van der Waals surface area contributed by atoms with Crippen LogP contribution in [0, 0.1) is 10.1 Å². The molecule has 3 aromatic carbocycles. The summed E-state index contributed by atoms with van der Waals surface area (Å²) < 4.78 is 0. The zero-order valence-electron chi connectivity index (χ0n) is 15.0. The number of fused-ring (bicyclic) bond motifs is 1. The Bertz CT molecular complexity index is 1110. The summed E-state index contributed by atoms with van der Waals surface area (Å²) in [6.07, 6.45) is 1.79. The van der Waals surface area contributed by atoms with Gasteiger partial charge in [0.15, 0.2) is 0 Å². The maximum atomic E-state index is 10.9. The van der Waals surface area contributed by atoms with E-state index in [0.717, 1.165) is 27.3 Å². The number of non-ortho nitro benzene ring substituents is 1. The third-order valence-electron chi connectivity index (χ3n) is 4.47. The number of hydrazone groups is 1. The summed E-state index contributed by atoms with van der Waals surface area (Å²) in [6, 6.07) is 21.0. The van der Waals surface area contributed by atoms with Crippen LogP contribution in [0.1, 0.15) is 11.1 Å². The van der Waals surface area contributed by atoms with Crippen molar-refractivity contribution in [1.82, 2.24) is 5.01 Å². The third-order valence-corrected chi connectivity index (χ3v) is 5.33. The second-order valence-electron chi connectivity index (χ2n) is 6.23. The number of rotatable bonds is 5.